The van der Waals surface area contributed by atoms with Crippen molar-refractivity contribution in [3.63, 3.8) is 0 Å². The minimum Gasteiger partial charge on any atom is -0.336 e. The third-order valence-corrected chi connectivity index (χ3v) is 3.33. The molecule has 0 aliphatic carbocycles. The highest BCUT2D eigenvalue weighted by molar-refractivity contribution is 5.94. The number of nitrogens with two attached hydrogens (primary N) is 1. The highest BCUT2D eigenvalue weighted by Gasteiger charge is 2.29. The van der Waals surface area contributed by atoms with Gasteiger partial charge in [-0.05, 0) is 32.2 Å². The Kier molecular flexibility index (Phi) is 3.78. The summed E-state index contributed by atoms with van der Waals surface area (Å²) in [6, 6.07) is 0.367. The van der Waals surface area contributed by atoms with Gasteiger partial charge in [-0.3, -0.25) is 9.48 Å². The minimum absolute atomic E-state index is 0.109. The first-order valence-electron chi connectivity index (χ1n) is 6.22. The van der Waals surface area contributed by atoms with Gasteiger partial charge in [-0.1, -0.05) is 0 Å². The molecule has 0 saturated carbocycles. The van der Waals surface area contributed by atoms with Crippen molar-refractivity contribution < 1.29 is 4.79 Å². The summed E-state index contributed by atoms with van der Waals surface area (Å²) in [5.41, 5.74) is 6.21. The second-order valence-electron chi connectivity index (χ2n) is 4.63. The molecule has 1 fully saturated rings. The molecule has 1 saturated heterocycles. The van der Waals surface area contributed by atoms with Crippen LogP contribution in [0.15, 0.2) is 12.4 Å². The molecule has 0 bridgehead atoms. The highest BCUT2D eigenvalue weighted by Crippen LogP contribution is 2.23. The van der Waals surface area contributed by atoms with Gasteiger partial charge in [0, 0.05) is 25.8 Å². The third-order valence-electron chi connectivity index (χ3n) is 3.33. The fourth-order valence-corrected chi connectivity index (χ4v) is 2.45. The summed E-state index contributed by atoms with van der Waals surface area (Å²) in [7, 11) is 1.83. The lowest BCUT2D eigenvalue weighted by Crippen LogP contribution is -2.35. The number of rotatable bonds is 4. The van der Waals surface area contributed by atoms with E-state index in [0.717, 1.165) is 32.2 Å². The second-order valence-corrected chi connectivity index (χ2v) is 4.63. The summed E-state index contributed by atoms with van der Waals surface area (Å²) < 4.78 is 1.66. The largest absolute Gasteiger partial charge is 0.336 e. The molecule has 1 aliphatic rings. The van der Waals surface area contributed by atoms with Crippen molar-refractivity contribution in [3.8, 4) is 0 Å². The lowest BCUT2D eigenvalue weighted by atomic mass is 10.1. The number of hydrogen-bond donors (Lipinski definition) is 1. The number of likely N-dealkylation sites (tertiary alicyclic amines) is 1. The van der Waals surface area contributed by atoms with Crippen molar-refractivity contribution in [2.45, 2.75) is 31.7 Å². The molecule has 1 aromatic rings. The molecule has 1 amide bonds. The maximum Gasteiger partial charge on any atom is 0.257 e. The average molecular weight is 236 g/mol. The van der Waals surface area contributed by atoms with Crippen molar-refractivity contribution in [1.29, 1.82) is 0 Å². The van der Waals surface area contributed by atoms with Gasteiger partial charge in [0.05, 0.1) is 11.8 Å². The van der Waals surface area contributed by atoms with Crippen LogP contribution in [0.25, 0.3) is 0 Å². The van der Waals surface area contributed by atoms with Gasteiger partial charge >= 0.3 is 0 Å². The van der Waals surface area contributed by atoms with Crippen molar-refractivity contribution in [2.24, 2.45) is 12.8 Å². The SMILES string of the molecule is Cn1cc(C(=O)N2CCCC2CCCN)cn1. The van der Waals surface area contributed by atoms with Gasteiger partial charge < -0.3 is 10.6 Å². The monoisotopic (exact) mass is 236 g/mol. The van der Waals surface area contributed by atoms with E-state index in [9.17, 15) is 4.79 Å². The number of carbonyl (C=O) groups excluding carboxylic acids is 1. The predicted octanol–water partition coefficient (Wildman–Crippen LogP) is 0.764. The van der Waals surface area contributed by atoms with Gasteiger partial charge in [0.25, 0.3) is 5.91 Å². The molecule has 1 atom stereocenters. The Hall–Kier alpha value is -1.36. The molecule has 1 unspecified atom stereocenters. The van der Waals surface area contributed by atoms with Gasteiger partial charge in [0.2, 0.25) is 0 Å². The van der Waals surface area contributed by atoms with Crippen LogP contribution in [0.4, 0.5) is 0 Å². The zero-order chi connectivity index (χ0) is 12.3. The summed E-state index contributed by atoms with van der Waals surface area (Å²) in [5.74, 6) is 0.109. The van der Waals surface area contributed by atoms with E-state index in [4.69, 9.17) is 5.73 Å². The van der Waals surface area contributed by atoms with Gasteiger partial charge in [-0.2, -0.15) is 5.10 Å². The molecule has 1 aliphatic heterocycles. The van der Waals surface area contributed by atoms with E-state index in [1.807, 2.05) is 11.9 Å². The average Bonchev–Trinajstić information content (AvgIpc) is 2.94. The Morgan fingerprint density at radius 2 is 2.47 bits per heavy atom. The van der Waals surface area contributed by atoms with E-state index in [-0.39, 0.29) is 5.91 Å². The quantitative estimate of drug-likeness (QED) is 0.839. The molecule has 2 rings (SSSR count). The van der Waals surface area contributed by atoms with Crippen molar-refractivity contribution in [2.75, 3.05) is 13.1 Å². The lowest BCUT2D eigenvalue weighted by Gasteiger charge is -2.24. The lowest BCUT2D eigenvalue weighted by molar-refractivity contribution is 0.0729. The zero-order valence-corrected chi connectivity index (χ0v) is 10.3. The Morgan fingerprint density at radius 1 is 1.65 bits per heavy atom. The molecule has 2 N–H and O–H groups in total. The van der Waals surface area contributed by atoms with Crippen molar-refractivity contribution >= 4 is 5.91 Å². The number of hydrogen-bond acceptors (Lipinski definition) is 3. The molecule has 17 heavy (non-hydrogen) atoms. The highest BCUT2D eigenvalue weighted by atomic mass is 16.2. The number of aryl methyl sites for hydroxylation is 1. The number of nitrogens with zero attached hydrogens (tertiary/aromatic N) is 3. The van der Waals surface area contributed by atoms with E-state index in [2.05, 4.69) is 5.10 Å². The van der Waals surface area contributed by atoms with E-state index < -0.39 is 0 Å². The molecular weight excluding hydrogens is 216 g/mol. The molecule has 0 aromatic carbocycles. The molecule has 5 heteroatoms. The Bertz CT molecular complexity index is 388. The Morgan fingerprint density at radius 3 is 3.12 bits per heavy atom. The zero-order valence-electron chi connectivity index (χ0n) is 10.3. The summed E-state index contributed by atoms with van der Waals surface area (Å²) in [6.45, 7) is 1.56. The maximum atomic E-state index is 12.3. The first-order valence-corrected chi connectivity index (χ1v) is 6.22. The molecule has 0 radical (unpaired) electrons. The Labute approximate surface area is 102 Å². The third kappa shape index (κ3) is 2.66. The van der Waals surface area contributed by atoms with E-state index in [1.54, 1.807) is 17.1 Å². The normalized spacial score (nSPS) is 19.9. The fraction of sp³-hybridized carbons (Fsp3) is 0.667. The predicted molar refractivity (Wildman–Crippen MR) is 65.6 cm³/mol. The van der Waals surface area contributed by atoms with Crippen LogP contribution in [0.1, 0.15) is 36.0 Å². The first-order chi connectivity index (χ1) is 8.22. The van der Waals surface area contributed by atoms with Crippen molar-refractivity contribution in [1.82, 2.24) is 14.7 Å². The molecule has 5 nitrogen and oxygen atoms in total. The fourth-order valence-electron chi connectivity index (χ4n) is 2.45. The van der Waals surface area contributed by atoms with Gasteiger partial charge in [0.1, 0.15) is 0 Å². The standard InChI is InChI=1S/C12H20N4O/c1-15-9-10(8-14-15)12(17)16-7-3-5-11(16)4-2-6-13/h8-9,11H,2-7,13H2,1H3. The van der Waals surface area contributed by atoms with Crippen LogP contribution in [-0.2, 0) is 7.05 Å². The van der Waals surface area contributed by atoms with Crippen LogP contribution in [0.5, 0.6) is 0 Å². The van der Waals surface area contributed by atoms with Crippen LogP contribution in [0.3, 0.4) is 0 Å². The molecule has 1 aromatic heterocycles. The minimum atomic E-state index is 0.109. The molecule has 2 heterocycles. The molecular formula is C12H20N4O. The Balaban J connectivity index is 2.03. The second kappa shape index (κ2) is 5.31. The van der Waals surface area contributed by atoms with Crippen molar-refractivity contribution in [3.05, 3.63) is 18.0 Å². The molecule has 94 valence electrons. The maximum absolute atomic E-state index is 12.3. The van der Waals surface area contributed by atoms with Crippen LogP contribution >= 0.6 is 0 Å². The van der Waals surface area contributed by atoms with Crippen LogP contribution in [0.2, 0.25) is 0 Å². The first kappa shape index (κ1) is 12.1. The van der Waals surface area contributed by atoms with Crippen LogP contribution in [0, 0.1) is 0 Å². The van der Waals surface area contributed by atoms with E-state index >= 15 is 0 Å². The summed E-state index contributed by atoms with van der Waals surface area (Å²) in [6.07, 6.45) is 7.62. The van der Waals surface area contributed by atoms with Gasteiger partial charge in [-0.25, -0.2) is 0 Å². The topological polar surface area (TPSA) is 64.2 Å². The summed E-state index contributed by atoms with van der Waals surface area (Å²) >= 11 is 0. The summed E-state index contributed by atoms with van der Waals surface area (Å²) in [5, 5.41) is 4.05. The van der Waals surface area contributed by atoms with Gasteiger partial charge in [0.15, 0.2) is 0 Å². The smallest absolute Gasteiger partial charge is 0.257 e. The molecule has 0 spiro atoms. The number of amides is 1. The van der Waals surface area contributed by atoms with Gasteiger partial charge in [-0.15, -0.1) is 0 Å². The summed E-state index contributed by atoms with van der Waals surface area (Å²) in [4.78, 5) is 14.3. The van der Waals surface area contributed by atoms with Crippen LogP contribution < -0.4 is 5.73 Å². The van der Waals surface area contributed by atoms with E-state index in [0.29, 0.717) is 18.2 Å². The van der Waals surface area contributed by atoms with E-state index in [1.165, 1.54) is 0 Å². The van der Waals surface area contributed by atoms with Crippen LogP contribution in [-0.4, -0.2) is 39.7 Å². The number of aromatic nitrogens is 2. The number of carbonyl (C=O) groups is 1.